The number of alkyl halides is 3. The van der Waals surface area contributed by atoms with Crippen LogP contribution in [-0.4, -0.2) is 37.6 Å². The quantitative estimate of drug-likeness (QED) is 0.512. The van der Waals surface area contributed by atoms with Crippen molar-refractivity contribution in [3.05, 3.63) is 66.2 Å². The number of carbonyl (C=O) groups excluding carboxylic acids is 1. The lowest BCUT2D eigenvalue weighted by Crippen LogP contribution is -2.16. The van der Waals surface area contributed by atoms with Gasteiger partial charge in [-0.15, -0.1) is 0 Å². The van der Waals surface area contributed by atoms with E-state index in [1.54, 1.807) is 0 Å². The molecule has 158 valence electrons. The number of ether oxygens (including phenoxy) is 1. The van der Waals surface area contributed by atoms with Gasteiger partial charge in [-0.25, -0.2) is 15.0 Å². The summed E-state index contributed by atoms with van der Waals surface area (Å²) < 4.78 is 46.6. The van der Waals surface area contributed by atoms with Crippen molar-refractivity contribution in [2.24, 2.45) is 0 Å². The zero-order chi connectivity index (χ0) is 22.2. The van der Waals surface area contributed by atoms with E-state index in [0.29, 0.717) is 5.75 Å². The summed E-state index contributed by atoms with van der Waals surface area (Å²) in [6.45, 7) is 0. The molecule has 0 saturated heterocycles. The van der Waals surface area contributed by atoms with E-state index in [2.05, 4.69) is 20.3 Å². The average molecular weight is 429 g/mol. The second kappa shape index (κ2) is 7.59. The van der Waals surface area contributed by atoms with Crippen LogP contribution < -0.4 is 10.1 Å². The van der Waals surface area contributed by atoms with Crippen LogP contribution in [0.3, 0.4) is 0 Å². The summed E-state index contributed by atoms with van der Waals surface area (Å²) in [5.41, 5.74) is 0.513. The Kier molecular flexibility index (Phi) is 4.93. The third-order valence-corrected chi connectivity index (χ3v) is 4.35. The smallest absolute Gasteiger partial charge is 0.450 e. The summed E-state index contributed by atoms with van der Waals surface area (Å²) in [7, 11) is 1.40. The van der Waals surface area contributed by atoms with Gasteiger partial charge >= 0.3 is 6.18 Å². The molecule has 4 rings (SSSR count). The Bertz CT molecular complexity index is 1250. The summed E-state index contributed by atoms with van der Waals surface area (Å²) >= 11 is 0. The monoisotopic (exact) mass is 429 g/mol. The first kappa shape index (κ1) is 20.1. The Balaban J connectivity index is 1.68. The summed E-state index contributed by atoms with van der Waals surface area (Å²) in [6, 6.07) is 9.87. The third-order valence-electron chi connectivity index (χ3n) is 4.35. The first-order valence-corrected chi connectivity index (χ1v) is 8.83. The second-order valence-corrected chi connectivity index (χ2v) is 6.38. The molecule has 2 aromatic carbocycles. The average Bonchev–Trinajstić information content (AvgIpc) is 3.14. The van der Waals surface area contributed by atoms with Crippen molar-refractivity contribution in [2.75, 3.05) is 12.4 Å². The summed E-state index contributed by atoms with van der Waals surface area (Å²) in [4.78, 5) is 23.9. The number of hydrogen-bond donors (Lipinski definition) is 2. The molecule has 2 N–H and O–H groups in total. The molecule has 8 nitrogen and oxygen atoms in total. The second-order valence-electron chi connectivity index (χ2n) is 6.38. The van der Waals surface area contributed by atoms with Crippen LogP contribution in [0, 0.1) is 0 Å². The molecule has 11 heteroatoms. The predicted octanol–water partition coefficient (Wildman–Crippen LogP) is 3.80. The molecule has 0 aliphatic heterocycles. The van der Waals surface area contributed by atoms with E-state index >= 15 is 0 Å². The number of hydrogen-bond acceptors (Lipinski definition) is 6. The molecule has 0 bridgehead atoms. The van der Waals surface area contributed by atoms with E-state index in [0.717, 1.165) is 17.0 Å². The van der Waals surface area contributed by atoms with Gasteiger partial charge in [0.15, 0.2) is 11.6 Å². The Hall–Kier alpha value is -4.15. The van der Waals surface area contributed by atoms with Gasteiger partial charge in [0.2, 0.25) is 5.82 Å². The highest BCUT2D eigenvalue weighted by molar-refractivity contribution is 6.03. The lowest BCUT2D eigenvalue weighted by molar-refractivity contribution is -0.145. The number of anilines is 1. The van der Waals surface area contributed by atoms with E-state index in [4.69, 9.17) is 4.74 Å². The van der Waals surface area contributed by atoms with Gasteiger partial charge in [0.05, 0.1) is 30.5 Å². The van der Waals surface area contributed by atoms with Crippen LogP contribution in [0.15, 0.2) is 54.9 Å². The number of aromatic nitrogens is 4. The van der Waals surface area contributed by atoms with Crippen LogP contribution in [0.4, 0.5) is 19.0 Å². The maximum absolute atomic E-state index is 13.6. The zero-order valence-electron chi connectivity index (χ0n) is 15.9. The topological polar surface area (TPSA) is 102 Å². The summed E-state index contributed by atoms with van der Waals surface area (Å²) in [6.07, 6.45) is -2.49. The number of benzene rings is 2. The van der Waals surface area contributed by atoms with Crippen LogP contribution >= 0.6 is 0 Å². The molecule has 2 heterocycles. The number of rotatable bonds is 4. The number of amides is 1. The highest BCUT2D eigenvalue weighted by Crippen LogP contribution is 2.34. The number of phenols is 1. The molecule has 0 spiro atoms. The SMILES string of the molecule is COc1ccc2c(c1)nc(C(F)(F)F)n2-c1cnc(NC(=O)c2ccc(O)cc2)cn1. The number of phenolic OH excluding ortho intramolecular Hbond substituents is 1. The molecule has 0 atom stereocenters. The van der Waals surface area contributed by atoms with E-state index in [1.807, 2.05) is 0 Å². The van der Waals surface area contributed by atoms with Crippen molar-refractivity contribution in [3.8, 4) is 17.3 Å². The number of carbonyl (C=O) groups is 1. The standard InChI is InChI=1S/C20H14F3N5O3/c1-31-13-6-7-15-14(8-13)26-19(20(21,22)23)28(15)17-10-24-16(9-25-17)27-18(30)11-2-4-12(29)5-3-11/h2-10,29H,1H3,(H,24,27,30). The molecule has 0 saturated carbocycles. The molecule has 0 fully saturated rings. The normalized spacial score (nSPS) is 11.5. The van der Waals surface area contributed by atoms with Crippen LogP contribution in [0.1, 0.15) is 16.2 Å². The largest absolute Gasteiger partial charge is 0.508 e. The van der Waals surface area contributed by atoms with Crippen LogP contribution in [-0.2, 0) is 6.18 Å². The molecular formula is C20H14F3N5O3. The summed E-state index contributed by atoms with van der Waals surface area (Å²) in [5, 5.41) is 11.8. The van der Waals surface area contributed by atoms with E-state index in [1.165, 1.54) is 49.6 Å². The maximum atomic E-state index is 13.6. The lowest BCUT2D eigenvalue weighted by atomic mass is 10.2. The maximum Gasteiger partial charge on any atom is 0.450 e. The van der Waals surface area contributed by atoms with Crippen LogP contribution in [0.25, 0.3) is 16.9 Å². The molecule has 0 aliphatic carbocycles. The molecule has 0 radical (unpaired) electrons. The predicted molar refractivity (Wildman–Crippen MR) is 104 cm³/mol. The number of halogens is 3. The van der Waals surface area contributed by atoms with Gasteiger partial charge in [0, 0.05) is 11.6 Å². The first-order chi connectivity index (χ1) is 14.8. The van der Waals surface area contributed by atoms with Crippen LogP contribution in [0.5, 0.6) is 11.5 Å². The van der Waals surface area contributed by atoms with Crippen molar-refractivity contribution < 1.29 is 27.8 Å². The Morgan fingerprint density at radius 1 is 1.10 bits per heavy atom. The fourth-order valence-corrected chi connectivity index (χ4v) is 2.91. The van der Waals surface area contributed by atoms with Gasteiger partial charge in [-0.2, -0.15) is 13.2 Å². The number of fused-ring (bicyclic) bond motifs is 1. The fourth-order valence-electron chi connectivity index (χ4n) is 2.91. The molecule has 2 aromatic heterocycles. The van der Waals surface area contributed by atoms with E-state index in [9.17, 15) is 23.1 Å². The number of aromatic hydroxyl groups is 1. The first-order valence-electron chi connectivity index (χ1n) is 8.83. The van der Waals surface area contributed by atoms with Gasteiger partial charge in [0.25, 0.3) is 5.91 Å². The lowest BCUT2D eigenvalue weighted by Gasteiger charge is -2.11. The van der Waals surface area contributed by atoms with Crippen molar-refractivity contribution in [1.82, 2.24) is 19.5 Å². The minimum atomic E-state index is -4.74. The highest BCUT2D eigenvalue weighted by atomic mass is 19.4. The molecule has 1 amide bonds. The molecule has 4 aromatic rings. The number of imidazole rings is 1. The summed E-state index contributed by atoms with van der Waals surface area (Å²) in [5.74, 6) is -1.39. The number of methoxy groups -OCH3 is 1. The van der Waals surface area contributed by atoms with Crippen molar-refractivity contribution in [1.29, 1.82) is 0 Å². The van der Waals surface area contributed by atoms with Crippen molar-refractivity contribution in [2.45, 2.75) is 6.18 Å². The molecule has 0 unspecified atom stereocenters. The number of nitrogens with one attached hydrogen (secondary N) is 1. The highest BCUT2D eigenvalue weighted by Gasteiger charge is 2.38. The minimum Gasteiger partial charge on any atom is -0.508 e. The van der Waals surface area contributed by atoms with E-state index < -0.39 is 17.9 Å². The van der Waals surface area contributed by atoms with Crippen molar-refractivity contribution >= 4 is 22.8 Å². The van der Waals surface area contributed by atoms with Crippen molar-refractivity contribution in [3.63, 3.8) is 0 Å². The van der Waals surface area contributed by atoms with E-state index in [-0.39, 0.29) is 34.0 Å². The zero-order valence-corrected chi connectivity index (χ0v) is 15.9. The Labute approximate surface area is 173 Å². The minimum absolute atomic E-state index is 0.00587. The van der Waals surface area contributed by atoms with Gasteiger partial charge in [-0.3, -0.25) is 9.36 Å². The molecule has 31 heavy (non-hydrogen) atoms. The molecular weight excluding hydrogens is 415 g/mol. The molecule has 0 aliphatic rings. The fraction of sp³-hybridized carbons (Fsp3) is 0.100. The van der Waals surface area contributed by atoms with Gasteiger partial charge in [-0.1, -0.05) is 0 Å². The Morgan fingerprint density at radius 2 is 1.84 bits per heavy atom. The van der Waals surface area contributed by atoms with Gasteiger partial charge in [0.1, 0.15) is 11.5 Å². The third kappa shape index (κ3) is 3.97. The number of nitrogens with zero attached hydrogens (tertiary/aromatic N) is 4. The Morgan fingerprint density at radius 3 is 2.45 bits per heavy atom. The van der Waals surface area contributed by atoms with Gasteiger partial charge in [-0.05, 0) is 36.4 Å². The van der Waals surface area contributed by atoms with Crippen LogP contribution in [0.2, 0.25) is 0 Å². The van der Waals surface area contributed by atoms with Gasteiger partial charge < -0.3 is 15.2 Å².